The van der Waals surface area contributed by atoms with E-state index in [1.165, 1.54) is 0 Å². The van der Waals surface area contributed by atoms with Gasteiger partial charge in [0.05, 0.1) is 17.1 Å². The van der Waals surface area contributed by atoms with Crippen LogP contribution in [0.1, 0.15) is 30.0 Å². The average molecular weight is 321 g/mol. The fourth-order valence-corrected chi connectivity index (χ4v) is 3.24. The van der Waals surface area contributed by atoms with Crippen LogP contribution < -0.4 is 5.32 Å². The van der Waals surface area contributed by atoms with E-state index in [1.54, 1.807) is 11.3 Å². The highest BCUT2D eigenvalue weighted by Gasteiger charge is 2.37. The smallest absolute Gasteiger partial charge is 0.227 e. The Morgan fingerprint density at radius 3 is 2.76 bits per heavy atom. The van der Waals surface area contributed by atoms with Gasteiger partial charge < -0.3 is 5.32 Å². The summed E-state index contributed by atoms with van der Waals surface area (Å²) < 4.78 is 0. The number of aromatic nitrogens is 1. The third kappa shape index (κ3) is 3.83. The van der Waals surface area contributed by atoms with Gasteiger partial charge in [-0.25, -0.2) is 4.98 Å². The summed E-state index contributed by atoms with van der Waals surface area (Å²) in [7, 11) is 0. The van der Waals surface area contributed by atoms with Crippen LogP contribution in [0.4, 0.5) is 0 Å². The Kier molecular flexibility index (Phi) is 4.56. The van der Waals surface area contributed by atoms with Gasteiger partial charge in [0.2, 0.25) is 5.91 Å². The number of thiazole rings is 1. The topological polar surface area (TPSA) is 42.0 Å². The lowest BCUT2D eigenvalue weighted by atomic mass is 9.93. The molecule has 0 saturated heterocycles. The van der Waals surface area contributed by atoms with Crippen LogP contribution >= 0.6 is 22.9 Å². The molecule has 1 fully saturated rings. The van der Waals surface area contributed by atoms with E-state index in [0.29, 0.717) is 17.5 Å². The van der Waals surface area contributed by atoms with Crippen LogP contribution in [-0.4, -0.2) is 17.4 Å². The zero-order valence-corrected chi connectivity index (χ0v) is 13.2. The Hall–Kier alpha value is -1.39. The monoisotopic (exact) mass is 320 g/mol. The summed E-state index contributed by atoms with van der Waals surface area (Å²) in [4.78, 5) is 16.7. The number of hydrogen-bond acceptors (Lipinski definition) is 3. The van der Waals surface area contributed by atoms with E-state index in [4.69, 9.17) is 11.6 Å². The lowest BCUT2D eigenvalue weighted by Gasteiger charge is -2.16. The van der Waals surface area contributed by atoms with Crippen LogP contribution in [-0.2, 0) is 11.2 Å². The first-order valence-corrected chi connectivity index (χ1v) is 8.46. The van der Waals surface area contributed by atoms with Crippen molar-refractivity contribution in [1.29, 1.82) is 0 Å². The minimum atomic E-state index is -0.0438. The maximum absolute atomic E-state index is 12.5. The number of carbonyl (C=O) groups is 1. The lowest BCUT2D eigenvalue weighted by Crippen LogP contribution is -2.32. The molecule has 0 bridgehead atoms. The Labute approximate surface area is 133 Å². The largest absolute Gasteiger partial charge is 0.355 e. The van der Waals surface area contributed by atoms with E-state index in [-0.39, 0.29) is 11.8 Å². The molecule has 1 unspecified atom stereocenters. The normalized spacial score (nSPS) is 15.7. The number of carbonyl (C=O) groups excluding carboxylic acids is 1. The minimum absolute atomic E-state index is 0.0438. The van der Waals surface area contributed by atoms with Gasteiger partial charge in [-0.05, 0) is 36.5 Å². The van der Waals surface area contributed by atoms with Gasteiger partial charge in [0.25, 0.3) is 0 Å². The standard InChI is InChI=1S/C16H17ClN2OS/c17-13-5-3-12(4-6-13)15(11-1-2-11)16(20)18-8-7-14-9-21-10-19-14/h3-6,9-11,15H,1-2,7-8H2,(H,18,20). The highest BCUT2D eigenvalue weighted by Crippen LogP contribution is 2.42. The van der Waals surface area contributed by atoms with Gasteiger partial charge in [0.15, 0.2) is 0 Å². The first-order chi connectivity index (χ1) is 10.2. The quantitative estimate of drug-likeness (QED) is 0.882. The fraction of sp³-hybridized carbons (Fsp3) is 0.375. The number of nitrogens with zero attached hydrogens (tertiary/aromatic N) is 1. The van der Waals surface area contributed by atoms with Gasteiger partial charge in [0, 0.05) is 23.4 Å². The number of benzene rings is 1. The molecule has 1 aromatic heterocycles. The molecule has 5 heteroatoms. The zero-order chi connectivity index (χ0) is 14.7. The summed E-state index contributed by atoms with van der Waals surface area (Å²) in [5.74, 6) is 0.554. The summed E-state index contributed by atoms with van der Waals surface area (Å²) in [5.41, 5.74) is 3.92. The minimum Gasteiger partial charge on any atom is -0.355 e. The molecule has 3 nitrogen and oxygen atoms in total. The summed E-state index contributed by atoms with van der Waals surface area (Å²) in [5, 5.41) is 5.77. The molecule has 1 N–H and O–H groups in total. The number of halogens is 1. The molecule has 3 rings (SSSR count). The van der Waals surface area contributed by atoms with Crippen molar-refractivity contribution in [2.24, 2.45) is 5.92 Å². The number of amides is 1. The highest BCUT2D eigenvalue weighted by atomic mass is 35.5. The molecule has 2 aromatic rings. The van der Waals surface area contributed by atoms with E-state index in [2.05, 4.69) is 10.3 Å². The molecule has 1 aliphatic rings. The van der Waals surface area contributed by atoms with Crippen molar-refractivity contribution in [3.8, 4) is 0 Å². The summed E-state index contributed by atoms with van der Waals surface area (Å²) in [6.45, 7) is 0.638. The molecule has 1 heterocycles. The number of rotatable bonds is 6. The molecule has 0 radical (unpaired) electrons. The molecule has 21 heavy (non-hydrogen) atoms. The number of nitrogens with one attached hydrogen (secondary N) is 1. The maximum Gasteiger partial charge on any atom is 0.227 e. The Balaban J connectivity index is 1.61. The van der Waals surface area contributed by atoms with Gasteiger partial charge in [-0.1, -0.05) is 23.7 Å². The fourth-order valence-electron chi connectivity index (χ4n) is 2.52. The van der Waals surface area contributed by atoms with Crippen LogP contribution in [0, 0.1) is 5.92 Å². The van der Waals surface area contributed by atoms with Gasteiger partial charge in [0.1, 0.15) is 0 Å². The first kappa shape index (κ1) is 14.5. The molecule has 110 valence electrons. The van der Waals surface area contributed by atoms with E-state index >= 15 is 0 Å². The number of hydrogen-bond donors (Lipinski definition) is 1. The highest BCUT2D eigenvalue weighted by molar-refractivity contribution is 7.07. The van der Waals surface area contributed by atoms with Gasteiger partial charge in [-0.15, -0.1) is 11.3 Å². The van der Waals surface area contributed by atoms with Crippen molar-refractivity contribution < 1.29 is 4.79 Å². The Morgan fingerprint density at radius 2 is 2.14 bits per heavy atom. The van der Waals surface area contributed by atoms with Gasteiger partial charge >= 0.3 is 0 Å². The van der Waals surface area contributed by atoms with Crippen LogP contribution in [0.3, 0.4) is 0 Å². The average Bonchev–Trinajstić information content (AvgIpc) is 3.17. The van der Waals surface area contributed by atoms with Crippen molar-refractivity contribution in [2.75, 3.05) is 6.54 Å². The maximum atomic E-state index is 12.5. The van der Waals surface area contributed by atoms with Crippen LogP contribution in [0.5, 0.6) is 0 Å². The predicted octanol–water partition coefficient (Wildman–Crippen LogP) is 3.65. The van der Waals surface area contributed by atoms with Crippen molar-refractivity contribution in [3.05, 3.63) is 51.4 Å². The molecular formula is C16H17ClN2OS. The van der Waals surface area contributed by atoms with Crippen molar-refractivity contribution >= 4 is 28.8 Å². The third-order valence-corrected chi connectivity index (χ3v) is 4.66. The van der Waals surface area contributed by atoms with Crippen LogP contribution in [0.15, 0.2) is 35.2 Å². The Morgan fingerprint density at radius 1 is 1.38 bits per heavy atom. The zero-order valence-electron chi connectivity index (χ0n) is 11.6. The second-order valence-corrected chi connectivity index (χ2v) is 6.54. The molecule has 1 aromatic carbocycles. The Bertz CT molecular complexity index is 593. The second kappa shape index (κ2) is 6.58. The molecule has 0 aliphatic heterocycles. The summed E-state index contributed by atoms with van der Waals surface area (Å²) in [6.07, 6.45) is 3.05. The van der Waals surface area contributed by atoms with Gasteiger partial charge in [-0.2, -0.15) is 0 Å². The molecule has 0 spiro atoms. The molecule has 1 atom stereocenters. The molecular weight excluding hydrogens is 304 g/mol. The van der Waals surface area contributed by atoms with Crippen molar-refractivity contribution in [2.45, 2.75) is 25.2 Å². The van der Waals surface area contributed by atoms with E-state index in [0.717, 1.165) is 30.5 Å². The third-order valence-electron chi connectivity index (χ3n) is 3.77. The SMILES string of the molecule is O=C(NCCc1cscn1)C(c1ccc(Cl)cc1)C1CC1. The predicted molar refractivity (Wildman–Crippen MR) is 85.7 cm³/mol. The first-order valence-electron chi connectivity index (χ1n) is 7.14. The summed E-state index contributed by atoms with van der Waals surface area (Å²) >= 11 is 7.51. The van der Waals surface area contributed by atoms with Crippen molar-refractivity contribution in [3.63, 3.8) is 0 Å². The lowest BCUT2D eigenvalue weighted by molar-refractivity contribution is -0.123. The molecule has 1 amide bonds. The van der Waals surface area contributed by atoms with E-state index in [9.17, 15) is 4.79 Å². The van der Waals surface area contributed by atoms with Crippen LogP contribution in [0.2, 0.25) is 5.02 Å². The molecule has 1 saturated carbocycles. The van der Waals surface area contributed by atoms with Gasteiger partial charge in [-0.3, -0.25) is 4.79 Å². The summed E-state index contributed by atoms with van der Waals surface area (Å²) in [6, 6.07) is 7.64. The molecule has 1 aliphatic carbocycles. The second-order valence-electron chi connectivity index (χ2n) is 5.39. The van der Waals surface area contributed by atoms with E-state index in [1.807, 2.05) is 35.2 Å². The van der Waals surface area contributed by atoms with E-state index < -0.39 is 0 Å². The van der Waals surface area contributed by atoms with Crippen LogP contribution in [0.25, 0.3) is 0 Å². The van der Waals surface area contributed by atoms with Crippen molar-refractivity contribution in [1.82, 2.24) is 10.3 Å².